The van der Waals surface area contributed by atoms with Crippen LogP contribution in [0.3, 0.4) is 0 Å². The molecule has 2 aromatic heterocycles. The Labute approximate surface area is 105 Å². The number of fused-ring (bicyclic) bond motifs is 1. The Bertz CT molecular complexity index is 792. The van der Waals surface area contributed by atoms with Crippen molar-refractivity contribution in [2.45, 2.75) is 4.90 Å². The SMILES string of the molecule is O=S(=O)(c1ccccc1)n1ccc2c[c]cnc21. The molecule has 0 N–H and O–H groups in total. The van der Waals surface area contributed by atoms with E-state index in [0.717, 1.165) is 5.39 Å². The first-order valence-electron chi connectivity index (χ1n) is 5.33. The largest absolute Gasteiger partial charge is 0.269 e. The standard InChI is InChI=1S/C13H9N2O2S/c16-18(17,12-6-2-1-3-7-12)15-10-8-11-5-4-9-14-13(11)15/h1-3,5-10H. The summed E-state index contributed by atoms with van der Waals surface area (Å²) in [6.07, 6.45) is 2.97. The number of rotatable bonds is 2. The average molecular weight is 257 g/mol. The summed E-state index contributed by atoms with van der Waals surface area (Å²) in [5.41, 5.74) is 0.414. The van der Waals surface area contributed by atoms with Crippen molar-refractivity contribution in [1.29, 1.82) is 0 Å². The summed E-state index contributed by atoms with van der Waals surface area (Å²) in [6.45, 7) is 0. The van der Waals surface area contributed by atoms with E-state index in [1.165, 1.54) is 16.4 Å². The maximum absolute atomic E-state index is 12.4. The molecule has 89 valence electrons. The van der Waals surface area contributed by atoms with Crippen molar-refractivity contribution in [3.05, 3.63) is 60.9 Å². The monoisotopic (exact) mass is 257 g/mol. The molecule has 0 aliphatic carbocycles. The first kappa shape index (κ1) is 11.0. The van der Waals surface area contributed by atoms with E-state index in [9.17, 15) is 8.42 Å². The van der Waals surface area contributed by atoms with Crippen molar-refractivity contribution in [2.24, 2.45) is 0 Å². The highest BCUT2D eigenvalue weighted by Gasteiger charge is 2.18. The highest BCUT2D eigenvalue weighted by atomic mass is 32.2. The summed E-state index contributed by atoms with van der Waals surface area (Å²) in [4.78, 5) is 4.31. The van der Waals surface area contributed by atoms with Crippen LogP contribution < -0.4 is 0 Å². The normalized spacial score (nSPS) is 11.8. The van der Waals surface area contributed by atoms with E-state index < -0.39 is 10.0 Å². The summed E-state index contributed by atoms with van der Waals surface area (Å²) in [5.74, 6) is 0. The molecule has 0 saturated carbocycles. The minimum atomic E-state index is -3.58. The van der Waals surface area contributed by atoms with Crippen molar-refractivity contribution in [1.82, 2.24) is 8.96 Å². The van der Waals surface area contributed by atoms with Crippen LogP contribution in [-0.2, 0) is 10.0 Å². The summed E-state index contributed by atoms with van der Waals surface area (Å²) < 4.78 is 26.0. The Morgan fingerprint density at radius 2 is 1.89 bits per heavy atom. The van der Waals surface area contributed by atoms with Gasteiger partial charge in [-0.1, -0.05) is 18.2 Å². The molecule has 0 aliphatic heterocycles. The third-order valence-electron chi connectivity index (χ3n) is 2.66. The molecule has 2 heterocycles. The fraction of sp³-hybridized carbons (Fsp3) is 0. The number of pyridine rings is 1. The van der Waals surface area contributed by atoms with Gasteiger partial charge in [0.25, 0.3) is 10.0 Å². The van der Waals surface area contributed by atoms with Crippen LogP contribution in [0.2, 0.25) is 0 Å². The van der Waals surface area contributed by atoms with Crippen molar-refractivity contribution >= 4 is 21.1 Å². The first-order chi connectivity index (χ1) is 8.69. The van der Waals surface area contributed by atoms with Gasteiger partial charge in [0.1, 0.15) is 0 Å². The number of benzene rings is 1. The smallest absolute Gasteiger partial charge is 0.237 e. The lowest BCUT2D eigenvalue weighted by Gasteiger charge is -2.06. The number of nitrogens with zero attached hydrogens (tertiary/aromatic N) is 2. The molecule has 18 heavy (non-hydrogen) atoms. The molecule has 0 amide bonds. The van der Waals surface area contributed by atoms with E-state index in [1.807, 2.05) is 0 Å². The average Bonchev–Trinajstić information content (AvgIpc) is 2.84. The molecule has 1 aromatic carbocycles. The number of hydrogen-bond acceptors (Lipinski definition) is 3. The molecule has 0 spiro atoms. The van der Waals surface area contributed by atoms with Gasteiger partial charge in [0, 0.05) is 23.8 Å². The lowest BCUT2D eigenvalue weighted by molar-refractivity contribution is 0.589. The lowest BCUT2D eigenvalue weighted by atomic mass is 10.3. The molecule has 3 aromatic rings. The third kappa shape index (κ3) is 1.60. The van der Waals surface area contributed by atoms with E-state index in [4.69, 9.17) is 0 Å². The maximum Gasteiger partial charge on any atom is 0.269 e. The summed E-state index contributed by atoms with van der Waals surface area (Å²) >= 11 is 0. The highest BCUT2D eigenvalue weighted by Crippen LogP contribution is 2.19. The lowest BCUT2D eigenvalue weighted by Crippen LogP contribution is -2.12. The molecule has 0 fully saturated rings. The summed E-state index contributed by atoms with van der Waals surface area (Å²) in [7, 11) is -3.58. The molecule has 0 atom stereocenters. The minimum Gasteiger partial charge on any atom is -0.237 e. The van der Waals surface area contributed by atoms with E-state index in [-0.39, 0.29) is 4.90 Å². The van der Waals surface area contributed by atoms with Crippen molar-refractivity contribution in [2.75, 3.05) is 0 Å². The minimum absolute atomic E-state index is 0.247. The predicted octanol–water partition coefficient (Wildman–Crippen LogP) is 2.07. The first-order valence-corrected chi connectivity index (χ1v) is 6.77. The Morgan fingerprint density at radius 3 is 2.67 bits per heavy atom. The van der Waals surface area contributed by atoms with Gasteiger partial charge in [-0.25, -0.2) is 17.4 Å². The van der Waals surface area contributed by atoms with Crippen LogP contribution >= 0.6 is 0 Å². The van der Waals surface area contributed by atoms with Crippen LogP contribution in [0.25, 0.3) is 11.0 Å². The second-order valence-corrected chi connectivity index (χ2v) is 5.59. The topological polar surface area (TPSA) is 52.0 Å². The molecule has 0 saturated heterocycles. The third-order valence-corrected chi connectivity index (χ3v) is 4.34. The van der Waals surface area contributed by atoms with Crippen LogP contribution in [0.1, 0.15) is 0 Å². The number of aromatic nitrogens is 2. The Hall–Kier alpha value is -2.14. The van der Waals surface area contributed by atoms with Crippen molar-refractivity contribution in [3.8, 4) is 0 Å². The molecule has 0 aliphatic rings. The van der Waals surface area contributed by atoms with Crippen LogP contribution in [0, 0.1) is 6.07 Å². The zero-order valence-electron chi connectivity index (χ0n) is 9.32. The second kappa shape index (κ2) is 3.96. The van der Waals surface area contributed by atoms with Crippen molar-refractivity contribution < 1.29 is 8.42 Å². The fourth-order valence-corrected chi connectivity index (χ4v) is 3.12. The van der Waals surface area contributed by atoms with E-state index in [0.29, 0.717) is 5.65 Å². The Morgan fingerprint density at radius 1 is 1.11 bits per heavy atom. The molecule has 0 unspecified atom stereocenters. The van der Waals surface area contributed by atoms with E-state index in [1.54, 1.807) is 42.5 Å². The van der Waals surface area contributed by atoms with Crippen LogP contribution in [-0.4, -0.2) is 17.4 Å². The quantitative estimate of drug-likeness (QED) is 0.706. The van der Waals surface area contributed by atoms with Gasteiger partial charge in [0.15, 0.2) is 5.65 Å². The summed E-state index contributed by atoms with van der Waals surface area (Å²) in [6, 6.07) is 14.5. The molecule has 3 rings (SSSR count). The van der Waals surface area contributed by atoms with Gasteiger partial charge in [-0.3, -0.25) is 0 Å². The fourth-order valence-electron chi connectivity index (χ4n) is 1.79. The molecule has 0 bridgehead atoms. The predicted molar refractivity (Wildman–Crippen MR) is 67.6 cm³/mol. The van der Waals surface area contributed by atoms with Gasteiger partial charge in [-0.05, 0) is 24.3 Å². The molecular weight excluding hydrogens is 248 g/mol. The van der Waals surface area contributed by atoms with Crippen LogP contribution in [0.5, 0.6) is 0 Å². The van der Waals surface area contributed by atoms with Gasteiger partial charge in [-0.15, -0.1) is 0 Å². The van der Waals surface area contributed by atoms with Gasteiger partial charge >= 0.3 is 0 Å². The Balaban J connectivity index is 2.27. The molecular formula is C13H9N2O2S. The molecule has 1 radical (unpaired) electrons. The zero-order valence-corrected chi connectivity index (χ0v) is 10.1. The van der Waals surface area contributed by atoms with Gasteiger partial charge in [-0.2, -0.15) is 0 Å². The maximum atomic E-state index is 12.4. The van der Waals surface area contributed by atoms with Crippen molar-refractivity contribution in [3.63, 3.8) is 0 Å². The second-order valence-electron chi connectivity index (χ2n) is 3.78. The van der Waals surface area contributed by atoms with E-state index in [2.05, 4.69) is 11.1 Å². The van der Waals surface area contributed by atoms with Gasteiger partial charge in [0.2, 0.25) is 0 Å². The summed E-state index contributed by atoms with van der Waals surface area (Å²) in [5, 5.41) is 0.747. The molecule has 5 heteroatoms. The van der Waals surface area contributed by atoms with Crippen LogP contribution in [0.4, 0.5) is 0 Å². The highest BCUT2D eigenvalue weighted by molar-refractivity contribution is 7.90. The molecule has 4 nitrogen and oxygen atoms in total. The van der Waals surface area contributed by atoms with Gasteiger partial charge < -0.3 is 0 Å². The Kier molecular flexibility index (Phi) is 2.41. The zero-order chi connectivity index (χ0) is 12.6. The number of hydrogen-bond donors (Lipinski definition) is 0. The van der Waals surface area contributed by atoms with Crippen LogP contribution in [0.15, 0.2) is 59.8 Å². The van der Waals surface area contributed by atoms with Gasteiger partial charge in [0.05, 0.1) is 4.90 Å². The van der Waals surface area contributed by atoms with E-state index >= 15 is 0 Å².